The number of hydrogen-bond donors (Lipinski definition) is 1. The van der Waals surface area contributed by atoms with E-state index in [2.05, 4.69) is 21.8 Å². The molecular weight excluding hydrogens is 238 g/mol. The van der Waals surface area contributed by atoms with Gasteiger partial charge in [0.05, 0.1) is 17.6 Å². The van der Waals surface area contributed by atoms with Gasteiger partial charge in [-0.1, -0.05) is 6.92 Å². The van der Waals surface area contributed by atoms with E-state index in [1.807, 2.05) is 18.2 Å². The number of H-pyrrole nitrogens is 1. The summed E-state index contributed by atoms with van der Waals surface area (Å²) in [6, 6.07) is 5.75. The fraction of sp³-hybridized carbons (Fsp3) is 0.467. The van der Waals surface area contributed by atoms with Gasteiger partial charge in [-0.2, -0.15) is 0 Å². The summed E-state index contributed by atoms with van der Waals surface area (Å²) in [5.74, 6) is 1.18. The van der Waals surface area contributed by atoms with Gasteiger partial charge in [-0.25, -0.2) is 4.98 Å². The van der Waals surface area contributed by atoms with Crippen LogP contribution in [0.5, 0.6) is 0 Å². The van der Waals surface area contributed by atoms with Gasteiger partial charge in [-0.15, -0.1) is 0 Å². The number of carbonyl (C=O) groups is 1. The Hall–Kier alpha value is -1.68. The minimum absolute atomic E-state index is 0.205. The van der Waals surface area contributed by atoms with Gasteiger partial charge in [0.2, 0.25) is 0 Å². The molecule has 0 bridgehead atoms. The first-order valence-electron chi connectivity index (χ1n) is 7.00. The lowest BCUT2D eigenvalue weighted by atomic mass is 10.1. The Balaban J connectivity index is 1.81. The maximum Gasteiger partial charge on any atom is 0.176 e. The summed E-state index contributed by atoms with van der Waals surface area (Å²) in [4.78, 5) is 22.2. The molecule has 1 aromatic heterocycles. The van der Waals surface area contributed by atoms with E-state index >= 15 is 0 Å². The number of likely N-dealkylation sites (tertiary alicyclic amines) is 1. The van der Waals surface area contributed by atoms with Crippen molar-refractivity contribution in [2.24, 2.45) is 0 Å². The minimum atomic E-state index is 0.205. The summed E-state index contributed by atoms with van der Waals surface area (Å²) in [5.41, 5.74) is 2.68. The largest absolute Gasteiger partial charge is 0.342 e. The Bertz CT molecular complexity index is 596. The zero-order chi connectivity index (χ0) is 13.2. The van der Waals surface area contributed by atoms with Crippen LogP contribution in [0.3, 0.4) is 0 Å². The topological polar surface area (TPSA) is 49.0 Å². The number of rotatable bonds is 4. The van der Waals surface area contributed by atoms with Crippen molar-refractivity contribution in [2.45, 2.75) is 26.2 Å². The van der Waals surface area contributed by atoms with Crippen molar-refractivity contribution >= 4 is 16.8 Å². The van der Waals surface area contributed by atoms with Crippen LogP contribution in [-0.4, -0.2) is 40.3 Å². The van der Waals surface area contributed by atoms with Gasteiger partial charge >= 0.3 is 0 Å². The van der Waals surface area contributed by atoms with Crippen molar-refractivity contribution in [2.75, 3.05) is 19.6 Å². The van der Waals surface area contributed by atoms with Crippen LogP contribution in [-0.2, 0) is 6.42 Å². The summed E-state index contributed by atoms with van der Waals surface area (Å²) in [7, 11) is 0. The third-order valence-electron chi connectivity index (χ3n) is 3.75. The van der Waals surface area contributed by atoms with Crippen LogP contribution in [0.1, 0.15) is 35.9 Å². The van der Waals surface area contributed by atoms with Crippen LogP contribution in [0.25, 0.3) is 11.0 Å². The molecule has 0 unspecified atom stereocenters. The van der Waals surface area contributed by atoms with E-state index < -0.39 is 0 Å². The van der Waals surface area contributed by atoms with E-state index in [1.165, 1.54) is 12.8 Å². The smallest absolute Gasteiger partial charge is 0.176 e. The zero-order valence-corrected chi connectivity index (χ0v) is 11.3. The fourth-order valence-corrected chi connectivity index (χ4v) is 2.64. The summed E-state index contributed by atoms with van der Waals surface area (Å²) in [6.45, 7) is 4.72. The number of nitrogens with zero attached hydrogens (tertiary/aromatic N) is 2. The second-order valence-corrected chi connectivity index (χ2v) is 5.18. The van der Waals surface area contributed by atoms with Gasteiger partial charge in [0.25, 0.3) is 0 Å². The van der Waals surface area contributed by atoms with Crippen LogP contribution in [0.4, 0.5) is 0 Å². The minimum Gasteiger partial charge on any atom is -0.342 e. The molecule has 19 heavy (non-hydrogen) atoms. The maximum atomic E-state index is 12.2. The van der Waals surface area contributed by atoms with Gasteiger partial charge in [-0.3, -0.25) is 9.69 Å². The monoisotopic (exact) mass is 257 g/mol. The normalized spacial score (nSPS) is 16.3. The van der Waals surface area contributed by atoms with Crippen molar-refractivity contribution in [3.05, 3.63) is 29.6 Å². The highest BCUT2D eigenvalue weighted by Gasteiger charge is 2.16. The first-order valence-corrected chi connectivity index (χ1v) is 7.00. The molecule has 0 spiro atoms. The Morgan fingerprint density at radius 3 is 2.89 bits per heavy atom. The number of Topliss-reactive ketones (excluding diaryl/α,β-unsaturated/α-hetero) is 1. The maximum absolute atomic E-state index is 12.2. The third-order valence-corrected chi connectivity index (χ3v) is 3.75. The lowest BCUT2D eigenvalue weighted by Gasteiger charge is -2.13. The summed E-state index contributed by atoms with van der Waals surface area (Å²) in [6.07, 6.45) is 3.31. The molecule has 100 valence electrons. The molecule has 1 aromatic carbocycles. The van der Waals surface area contributed by atoms with E-state index in [-0.39, 0.29) is 5.78 Å². The van der Waals surface area contributed by atoms with Gasteiger partial charge in [-0.05, 0) is 44.1 Å². The average molecular weight is 257 g/mol. The number of aromatic nitrogens is 2. The predicted molar refractivity (Wildman–Crippen MR) is 75.5 cm³/mol. The number of aromatic amines is 1. The second kappa shape index (κ2) is 5.13. The average Bonchev–Trinajstić information content (AvgIpc) is 3.05. The summed E-state index contributed by atoms with van der Waals surface area (Å²) < 4.78 is 0. The number of aryl methyl sites for hydroxylation is 1. The zero-order valence-electron chi connectivity index (χ0n) is 11.3. The molecule has 1 aliphatic heterocycles. The highest BCUT2D eigenvalue weighted by Crippen LogP contribution is 2.16. The first-order chi connectivity index (χ1) is 9.26. The number of ketones is 1. The Morgan fingerprint density at radius 1 is 1.37 bits per heavy atom. The van der Waals surface area contributed by atoms with Crippen LogP contribution in [0.15, 0.2) is 18.2 Å². The molecule has 1 aliphatic rings. The standard InChI is InChI=1S/C15H19N3O/c1-2-15-16-12-6-5-11(9-13(12)17-15)14(19)10-18-7-3-4-8-18/h5-6,9H,2-4,7-8,10H2,1H3,(H,16,17). The van der Waals surface area contributed by atoms with Crippen molar-refractivity contribution in [1.29, 1.82) is 0 Å². The van der Waals surface area contributed by atoms with E-state index in [0.29, 0.717) is 6.54 Å². The summed E-state index contributed by atoms with van der Waals surface area (Å²) >= 11 is 0. The lowest BCUT2D eigenvalue weighted by Crippen LogP contribution is -2.26. The molecule has 2 heterocycles. The Kier molecular flexibility index (Phi) is 3.34. The first kappa shape index (κ1) is 12.4. The molecule has 1 saturated heterocycles. The summed E-state index contributed by atoms with van der Waals surface area (Å²) in [5, 5.41) is 0. The number of imidazole rings is 1. The van der Waals surface area contributed by atoms with E-state index in [4.69, 9.17) is 0 Å². The predicted octanol–water partition coefficient (Wildman–Crippen LogP) is 2.40. The molecule has 2 aromatic rings. The SMILES string of the molecule is CCc1nc2ccc(C(=O)CN3CCCC3)cc2[nH]1. The Labute approximate surface area is 112 Å². The molecule has 1 N–H and O–H groups in total. The number of benzene rings is 1. The molecule has 0 amide bonds. The number of fused-ring (bicyclic) bond motifs is 1. The molecule has 0 radical (unpaired) electrons. The molecular formula is C15H19N3O. The van der Waals surface area contributed by atoms with Crippen LogP contribution in [0, 0.1) is 0 Å². The highest BCUT2D eigenvalue weighted by atomic mass is 16.1. The van der Waals surface area contributed by atoms with Crippen LogP contribution >= 0.6 is 0 Å². The van der Waals surface area contributed by atoms with Crippen molar-refractivity contribution in [3.63, 3.8) is 0 Å². The lowest BCUT2D eigenvalue weighted by molar-refractivity contribution is 0.0945. The quantitative estimate of drug-likeness (QED) is 0.856. The molecule has 3 rings (SSSR count). The van der Waals surface area contributed by atoms with Crippen LogP contribution < -0.4 is 0 Å². The van der Waals surface area contributed by atoms with Crippen molar-refractivity contribution in [3.8, 4) is 0 Å². The molecule has 4 heteroatoms. The molecule has 0 atom stereocenters. The van der Waals surface area contributed by atoms with E-state index in [9.17, 15) is 4.79 Å². The third kappa shape index (κ3) is 2.54. The van der Waals surface area contributed by atoms with Crippen molar-refractivity contribution < 1.29 is 4.79 Å². The molecule has 4 nitrogen and oxygen atoms in total. The second-order valence-electron chi connectivity index (χ2n) is 5.18. The van der Waals surface area contributed by atoms with Crippen LogP contribution in [0.2, 0.25) is 0 Å². The number of nitrogens with one attached hydrogen (secondary N) is 1. The Morgan fingerprint density at radius 2 is 2.16 bits per heavy atom. The number of hydrogen-bond acceptors (Lipinski definition) is 3. The molecule has 0 aliphatic carbocycles. The highest BCUT2D eigenvalue weighted by molar-refractivity contribution is 6.00. The van der Waals surface area contributed by atoms with E-state index in [1.54, 1.807) is 0 Å². The van der Waals surface area contributed by atoms with Gasteiger partial charge in [0.15, 0.2) is 5.78 Å². The van der Waals surface area contributed by atoms with Gasteiger partial charge in [0.1, 0.15) is 5.82 Å². The fourth-order valence-electron chi connectivity index (χ4n) is 2.64. The molecule has 1 fully saturated rings. The molecule has 0 saturated carbocycles. The van der Waals surface area contributed by atoms with E-state index in [0.717, 1.165) is 41.9 Å². The van der Waals surface area contributed by atoms with Gasteiger partial charge in [0, 0.05) is 12.0 Å². The number of carbonyl (C=O) groups excluding carboxylic acids is 1. The van der Waals surface area contributed by atoms with Gasteiger partial charge < -0.3 is 4.98 Å². The van der Waals surface area contributed by atoms with Crippen molar-refractivity contribution in [1.82, 2.24) is 14.9 Å².